The van der Waals surface area contributed by atoms with E-state index in [1.807, 2.05) is 13.8 Å². The van der Waals surface area contributed by atoms with Gasteiger partial charge in [0.1, 0.15) is 17.8 Å². The predicted octanol–water partition coefficient (Wildman–Crippen LogP) is 4.19. The molecule has 2 rings (SSSR count). The zero-order chi connectivity index (χ0) is 21.8. The molecule has 0 saturated heterocycles. The van der Waals surface area contributed by atoms with E-state index in [2.05, 4.69) is 25.9 Å². The molecule has 4 N–H and O–H groups in total. The molecule has 0 saturated carbocycles. The highest BCUT2D eigenvalue weighted by atomic mass is 35.5. The standard InChI is InChI=1S/C19H24Cl2FN5O2/c1-10(2)26-14-6-16(27-17-13(21)5-11(20)7-24-17)23-8-12(14)18(28)25-9-15(22)19(3,4)29/h5-8,10,15,29H,9H2,1-4H3,(H,25,28)(H2,23,24,26,27). The molecule has 10 heteroatoms. The van der Waals surface area contributed by atoms with E-state index in [1.165, 1.54) is 26.2 Å². The highest BCUT2D eigenvalue weighted by Crippen LogP contribution is 2.27. The summed E-state index contributed by atoms with van der Waals surface area (Å²) in [6.45, 7) is 6.19. The van der Waals surface area contributed by atoms with E-state index in [4.69, 9.17) is 23.2 Å². The first kappa shape index (κ1) is 23.1. The summed E-state index contributed by atoms with van der Waals surface area (Å²) in [6.07, 6.45) is 1.20. The van der Waals surface area contributed by atoms with Gasteiger partial charge in [-0.3, -0.25) is 4.79 Å². The van der Waals surface area contributed by atoms with Gasteiger partial charge in [-0.25, -0.2) is 14.4 Å². The van der Waals surface area contributed by atoms with Crippen molar-refractivity contribution in [2.45, 2.75) is 45.5 Å². The molecule has 0 fully saturated rings. The molecule has 29 heavy (non-hydrogen) atoms. The zero-order valence-corrected chi connectivity index (χ0v) is 18.1. The van der Waals surface area contributed by atoms with Crippen LogP contribution >= 0.6 is 23.2 Å². The highest BCUT2D eigenvalue weighted by Gasteiger charge is 2.27. The molecule has 2 heterocycles. The van der Waals surface area contributed by atoms with E-state index in [0.717, 1.165) is 0 Å². The number of carbonyl (C=O) groups excluding carboxylic acids is 1. The maximum Gasteiger partial charge on any atom is 0.255 e. The number of pyridine rings is 2. The second kappa shape index (κ2) is 9.56. The molecule has 0 bridgehead atoms. The molecular formula is C19H24Cl2FN5O2. The lowest BCUT2D eigenvalue weighted by Crippen LogP contribution is -2.42. The van der Waals surface area contributed by atoms with Crippen molar-refractivity contribution in [3.8, 4) is 0 Å². The van der Waals surface area contributed by atoms with Crippen molar-refractivity contribution in [2.24, 2.45) is 0 Å². The van der Waals surface area contributed by atoms with Crippen LogP contribution in [0.2, 0.25) is 10.0 Å². The van der Waals surface area contributed by atoms with Crippen LogP contribution in [0, 0.1) is 0 Å². The summed E-state index contributed by atoms with van der Waals surface area (Å²) in [4.78, 5) is 20.9. The Bertz CT molecular complexity index is 874. The van der Waals surface area contributed by atoms with Gasteiger partial charge < -0.3 is 21.1 Å². The molecule has 0 aliphatic rings. The smallest absolute Gasteiger partial charge is 0.255 e. The second-order valence-electron chi connectivity index (χ2n) is 7.35. The van der Waals surface area contributed by atoms with E-state index < -0.39 is 17.7 Å². The number of hydrogen-bond donors (Lipinski definition) is 4. The number of carbonyl (C=O) groups is 1. The number of halogens is 3. The van der Waals surface area contributed by atoms with Gasteiger partial charge in [-0.05, 0) is 33.8 Å². The third-order valence-corrected chi connectivity index (χ3v) is 4.35. The summed E-state index contributed by atoms with van der Waals surface area (Å²) >= 11 is 12.0. The van der Waals surface area contributed by atoms with Gasteiger partial charge in [0.05, 0.1) is 33.4 Å². The number of rotatable bonds is 8. The Hall–Kier alpha value is -2.16. The number of aromatic nitrogens is 2. The lowest BCUT2D eigenvalue weighted by molar-refractivity contribution is -0.00177. The largest absolute Gasteiger partial charge is 0.387 e. The van der Waals surface area contributed by atoms with Crippen LogP contribution in [-0.4, -0.2) is 45.3 Å². The maximum atomic E-state index is 13.9. The van der Waals surface area contributed by atoms with E-state index in [1.54, 1.807) is 12.1 Å². The number of alkyl halides is 1. The quantitative estimate of drug-likeness (QED) is 0.488. The molecule has 0 aliphatic carbocycles. The summed E-state index contributed by atoms with van der Waals surface area (Å²) < 4.78 is 13.9. The summed E-state index contributed by atoms with van der Waals surface area (Å²) in [7, 11) is 0. The van der Waals surface area contributed by atoms with Crippen LogP contribution in [0.25, 0.3) is 0 Å². The Morgan fingerprint density at radius 3 is 2.52 bits per heavy atom. The Morgan fingerprint density at radius 2 is 1.93 bits per heavy atom. The fraction of sp³-hybridized carbons (Fsp3) is 0.421. The van der Waals surface area contributed by atoms with Crippen molar-refractivity contribution in [1.29, 1.82) is 0 Å². The van der Waals surface area contributed by atoms with Crippen molar-refractivity contribution >= 4 is 46.4 Å². The second-order valence-corrected chi connectivity index (χ2v) is 8.20. The van der Waals surface area contributed by atoms with Crippen LogP contribution in [0.4, 0.5) is 21.7 Å². The Kier molecular flexibility index (Phi) is 7.62. The Balaban J connectivity index is 2.23. The molecule has 7 nitrogen and oxygen atoms in total. The lowest BCUT2D eigenvalue weighted by atomic mass is 10.0. The molecule has 2 aromatic heterocycles. The number of anilines is 3. The number of nitrogens with one attached hydrogen (secondary N) is 3. The van der Waals surface area contributed by atoms with Crippen molar-refractivity contribution in [3.05, 3.63) is 40.1 Å². The highest BCUT2D eigenvalue weighted by molar-refractivity contribution is 6.36. The van der Waals surface area contributed by atoms with Crippen molar-refractivity contribution in [3.63, 3.8) is 0 Å². The van der Waals surface area contributed by atoms with Crippen molar-refractivity contribution < 1.29 is 14.3 Å². The first-order chi connectivity index (χ1) is 13.5. The minimum Gasteiger partial charge on any atom is -0.387 e. The van der Waals surface area contributed by atoms with Crippen LogP contribution in [0.1, 0.15) is 38.1 Å². The predicted molar refractivity (Wildman–Crippen MR) is 114 cm³/mol. The minimum absolute atomic E-state index is 0.0272. The molecule has 158 valence electrons. The maximum absolute atomic E-state index is 13.9. The van der Waals surface area contributed by atoms with Crippen molar-refractivity contribution in [2.75, 3.05) is 17.2 Å². The topological polar surface area (TPSA) is 99.2 Å². The van der Waals surface area contributed by atoms with Crippen LogP contribution in [0.15, 0.2) is 24.5 Å². The fourth-order valence-electron chi connectivity index (χ4n) is 2.29. The summed E-state index contributed by atoms with van der Waals surface area (Å²) in [5.41, 5.74) is -0.815. The van der Waals surface area contributed by atoms with E-state index >= 15 is 0 Å². The van der Waals surface area contributed by atoms with Gasteiger partial charge >= 0.3 is 0 Å². The molecule has 0 aromatic carbocycles. The number of amides is 1. The van der Waals surface area contributed by atoms with E-state index in [-0.39, 0.29) is 18.2 Å². The third kappa shape index (κ3) is 6.69. The van der Waals surface area contributed by atoms with E-state index in [9.17, 15) is 14.3 Å². The summed E-state index contributed by atoms with van der Waals surface area (Å²) in [5.74, 6) is 0.254. The molecule has 0 aliphatic heterocycles. The number of hydrogen-bond acceptors (Lipinski definition) is 6. The Labute approximate surface area is 179 Å². The molecule has 2 aromatic rings. The normalized spacial score (nSPS) is 12.6. The average molecular weight is 444 g/mol. The van der Waals surface area contributed by atoms with Crippen LogP contribution in [0.5, 0.6) is 0 Å². The molecular weight excluding hydrogens is 420 g/mol. The first-order valence-corrected chi connectivity index (χ1v) is 9.72. The molecule has 1 amide bonds. The summed E-state index contributed by atoms with van der Waals surface area (Å²) in [6, 6.07) is 3.20. The number of nitrogens with zero attached hydrogens (tertiary/aromatic N) is 2. The van der Waals surface area contributed by atoms with E-state index in [0.29, 0.717) is 27.4 Å². The van der Waals surface area contributed by atoms with Crippen LogP contribution in [0.3, 0.4) is 0 Å². The number of aliphatic hydroxyl groups is 1. The Morgan fingerprint density at radius 1 is 1.24 bits per heavy atom. The van der Waals surface area contributed by atoms with Gasteiger partial charge in [0.25, 0.3) is 5.91 Å². The van der Waals surface area contributed by atoms with Gasteiger partial charge in [-0.2, -0.15) is 0 Å². The van der Waals surface area contributed by atoms with Crippen LogP contribution in [-0.2, 0) is 0 Å². The first-order valence-electron chi connectivity index (χ1n) is 8.96. The van der Waals surface area contributed by atoms with Crippen molar-refractivity contribution in [1.82, 2.24) is 15.3 Å². The third-order valence-electron chi connectivity index (χ3n) is 3.86. The molecule has 1 unspecified atom stereocenters. The summed E-state index contributed by atoms with van der Waals surface area (Å²) in [5, 5.41) is 19.0. The van der Waals surface area contributed by atoms with Gasteiger partial charge in [-0.15, -0.1) is 0 Å². The lowest BCUT2D eigenvalue weighted by Gasteiger charge is -2.23. The fourth-order valence-corrected chi connectivity index (χ4v) is 2.72. The molecule has 1 atom stereocenters. The SMILES string of the molecule is CC(C)Nc1cc(Nc2ncc(Cl)cc2Cl)ncc1C(=O)NCC(F)C(C)(C)O. The zero-order valence-electron chi connectivity index (χ0n) is 16.6. The molecule has 0 spiro atoms. The van der Waals surface area contributed by atoms with Gasteiger partial charge in [-0.1, -0.05) is 23.2 Å². The molecule has 0 radical (unpaired) electrons. The average Bonchev–Trinajstić information content (AvgIpc) is 2.60. The van der Waals surface area contributed by atoms with Gasteiger partial charge in [0.2, 0.25) is 0 Å². The van der Waals surface area contributed by atoms with Gasteiger partial charge in [0, 0.05) is 24.5 Å². The van der Waals surface area contributed by atoms with Gasteiger partial charge in [0.15, 0.2) is 0 Å². The minimum atomic E-state index is -1.61. The van der Waals surface area contributed by atoms with Crippen LogP contribution < -0.4 is 16.0 Å². The monoisotopic (exact) mass is 443 g/mol.